The van der Waals surface area contributed by atoms with Gasteiger partial charge in [0.05, 0.1) is 23.9 Å². The number of anilines is 1. The van der Waals surface area contributed by atoms with Gasteiger partial charge in [-0.25, -0.2) is 9.78 Å². The number of benzene rings is 2. The Morgan fingerprint density at radius 2 is 2.03 bits per heavy atom. The maximum absolute atomic E-state index is 12.8. The highest BCUT2D eigenvalue weighted by atomic mass is 35.5. The zero-order valence-electron chi connectivity index (χ0n) is 19.6. The largest absolute Gasteiger partial charge is 0.493 e. The molecule has 2 N–H and O–H groups in total. The number of likely N-dealkylation sites (N-methyl/N-ethyl adjacent to an activating group) is 1. The predicted molar refractivity (Wildman–Crippen MR) is 137 cm³/mol. The first kappa shape index (κ1) is 23.2. The fraction of sp³-hybridized carbons (Fsp3) is 0.440. The van der Waals surface area contributed by atoms with Crippen molar-refractivity contribution < 1.29 is 14.3 Å². The maximum atomic E-state index is 12.8. The van der Waals surface area contributed by atoms with Gasteiger partial charge in [-0.1, -0.05) is 35.1 Å². The highest BCUT2D eigenvalue weighted by molar-refractivity contribution is 7.22. The summed E-state index contributed by atoms with van der Waals surface area (Å²) in [6.07, 6.45) is 3.90. The monoisotopic (exact) mass is 500 g/mol. The summed E-state index contributed by atoms with van der Waals surface area (Å²) in [5.74, 6) is 1.51. The Balaban J connectivity index is 1.29. The maximum Gasteiger partial charge on any atom is 0.321 e. The minimum atomic E-state index is -0.223. The molecule has 1 aliphatic heterocycles. The average Bonchev–Trinajstić information content (AvgIpc) is 3.40. The minimum absolute atomic E-state index is 0.0484. The SMILES string of the molecule is COc1ccc(C23CCC(NC(=O)Nc4nc5c(Cl)cccc5s4)CC2N(C)CC3)cc1OC. The number of hydrogen-bond acceptors (Lipinski definition) is 6. The van der Waals surface area contributed by atoms with Gasteiger partial charge in [0.25, 0.3) is 0 Å². The number of nitrogens with zero attached hydrogens (tertiary/aromatic N) is 2. The van der Waals surface area contributed by atoms with Crippen LogP contribution in [0.25, 0.3) is 10.2 Å². The molecule has 0 spiro atoms. The van der Waals surface area contributed by atoms with Crippen LogP contribution in [0.5, 0.6) is 11.5 Å². The molecule has 7 nitrogen and oxygen atoms in total. The van der Waals surface area contributed by atoms with E-state index in [-0.39, 0.29) is 17.5 Å². The van der Waals surface area contributed by atoms with E-state index in [1.54, 1.807) is 20.3 Å². The second kappa shape index (κ2) is 9.24. The van der Waals surface area contributed by atoms with Crippen LogP contribution in [-0.2, 0) is 5.41 Å². The van der Waals surface area contributed by atoms with Crippen LogP contribution in [-0.4, -0.2) is 55.8 Å². The van der Waals surface area contributed by atoms with E-state index in [1.165, 1.54) is 16.9 Å². The molecule has 1 saturated heterocycles. The molecule has 3 unspecified atom stereocenters. The summed E-state index contributed by atoms with van der Waals surface area (Å²) in [6.45, 7) is 1.03. The first-order valence-electron chi connectivity index (χ1n) is 11.5. The smallest absolute Gasteiger partial charge is 0.321 e. The fourth-order valence-electron chi connectivity index (χ4n) is 5.68. The lowest BCUT2D eigenvalue weighted by molar-refractivity contribution is 0.156. The average molecular weight is 501 g/mol. The number of halogens is 1. The highest BCUT2D eigenvalue weighted by Crippen LogP contribution is 2.49. The topological polar surface area (TPSA) is 75.7 Å². The summed E-state index contributed by atoms with van der Waals surface area (Å²) in [7, 11) is 5.52. The second-order valence-corrected chi connectivity index (χ2v) is 10.6. The number of aromatic nitrogens is 1. The summed E-state index contributed by atoms with van der Waals surface area (Å²) in [6, 6.07) is 12.2. The van der Waals surface area contributed by atoms with Crippen LogP contribution in [0.4, 0.5) is 9.93 Å². The molecule has 34 heavy (non-hydrogen) atoms. The fourth-order valence-corrected chi connectivity index (χ4v) is 6.84. The van der Waals surface area contributed by atoms with Crippen LogP contribution in [0.3, 0.4) is 0 Å². The molecule has 180 valence electrons. The van der Waals surface area contributed by atoms with Crippen LogP contribution in [0.2, 0.25) is 5.02 Å². The molecular formula is C25H29ClN4O3S. The number of ether oxygens (including phenoxy) is 2. The normalized spacial score (nSPS) is 24.6. The van der Waals surface area contributed by atoms with Gasteiger partial charge >= 0.3 is 6.03 Å². The van der Waals surface area contributed by atoms with E-state index >= 15 is 0 Å². The lowest BCUT2D eigenvalue weighted by Crippen LogP contribution is -2.52. The molecule has 0 radical (unpaired) electrons. The Labute approximate surface area is 208 Å². The predicted octanol–water partition coefficient (Wildman–Crippen LogP) is 5.28. The van der Waals surface area contributed by atoms with Crippen molar-refractivity contribution in [2.45, 2.75) is 43.2 Å². The van der Waals surface area contributed by atoms with E-state index in [1.807, 2.05) is 18.2 Å². The molecule has 2 fully saturated rings. The quantitative estimate of drug-likeness (QED) is 0.498. The number of amides is 2. The molecule has 0 bridgehead atoms. The number of rotatable bonds is 5. The van der Waals surface area contributed by atoms with Gasteiger partial charge in [0.2, 0.25) is 0 Å². The van der Waals surface area contributed by atoms with Crippen molar-refractivity contribution in [1.29, 1.82) is 0 Å². The Bertz CT molecular complexity index is 1220. The summed E-state index contributed by atoms with van der Waals surface area (Å²) in [5, 5.41) is 7.22. The number of urea groups is 1. The van der Waals surface area contributed by atoms with Gasteiger partial charge in [0.1, 0.15) is 5.52 Å². The molecule has 2 aromatic carbocycles. The molecule has 1 aromatic heterocycles. The number of hydrogen-bond donors (Lipinski definition) is 2. The number of likely N-dealkylation sites (tertiary alicyclic amines) is 1. The number of fused-ring (bicyclic) bond motifs is 2. The van der Waals surface area contributed by atoms with Crippen LogP contribution in [0, 0.1) is 0 Å². The molecule has 1 saturated carbocycles. The van der Waals surface area contributed by atoms with Crippen molar-refractivity contribution in [3.63, 3.8) is 0 Å². The standard InChI is InChI=1S/C25H29ClN4O3S/c1-30-12-11-25(15-7-8-18(32-2)19(13-15)33-3)10-9-16(14-21(25)30)27-23(31)29-24-28-22-17(26)5-4-6-20(22)34-24/h4-8,13,16,21H,9-12,14H2,1-3H3,(H2,27,28,29,31). The van der Waals surface area contributed by atoms with Gasteiger partial charge in [-0.3, -0.25) is 5.32 Å². The molecule has 3 aromatic rings. The summed E-state index contributed by atoms with van der Waals surface area (Å²) < 4.78 is 12.0. The Morgan fingerprint density at radius 1 is 1.21 bits per heavy atom. The number of carbonyl (C=O) groups excluding carboxylic acids is 1. The van der Waals surface area contributed by atoms with E-state index in [0.717, 1.165) is 53.9 Å². The van der Waals surface area contributed by atoms with Crippen molar-refractivity contribution in [2.75, 3.05) is 33.1 Å². The van der Waals surface area contributed by atoms with Crippen LogP contribution >= 0.6 is 22.9 Å². The molecule has 1 aliphatic carbocycles. The summed E-state index contributed by atoms with van der Waals surface area (Å²) in [5.41, 5.74) is 2.05. The van der Waals surface area contributed by atoms with Crippen molar-refractivity contribution >= 4 is 44.3 Å². The van der Waals surface area contributed by atoms with Crippen molar-refractivity contribution in [3.05, 3.63) is 47.0 Å². The molecule has 2 aliphatic rings. The van der Waals surface area contributed by atoms with E-state index in [9.17, 15) is 4.79 Å². The molecular weight excluding hydrogens is 472 g/mol. The lowest BCUT2D eigenvalue weighted by atomic mass is 9.65. The Morgan fingerprint density at radius 3 is 2.79 bits per heavy atom. The molecule has 2 heterocycles. The lowest BCUT2D eigenvalue weighted by Gasteiger charge is -2.45. The third-order valence-electron chi connectivity index (χ3n) is 7.41. The first-order valence-corrected chi connectivity index (χ1v) is 12.7. The molecule has 9 heteroatoms. The van der Waals surface area contributed by atoms with E-state index in [2.05, 4.69) is 39.7 Å². The van der Waals surface area contributed by atoms with Crippen LogP contribution in [0.15, 0.2) is 36.4 Å². The first-order chi connectivity index (χ1) is 16.4. The third kappa shape index (κ3) is 4.08. The second-order valence-electron chi connectivity index (χ2n) is 9.15. The van der Waals surface area contributed by atoms with Crippen molar-refractivity contribution in [3.8, 4) is 11.5 Å². The number of nitrogens with one attached hydrogen (secondary N) is 2. The van der Waals surface area contributed by atoms with Crippen LogP contribution < -0.4 is 20.1 Å². The van der Waals surface area contributed by atoms with Gasteiger partial charge in [-0.2, -0.15) is 0 Å². The van der Waals surface area contributed by atoms with Gasteiger partial charge in [-0.05, 0) is 69.1 Å². The van der Waals surface area contributed by atoms with Crippen LogP contribution in [0.1, 0.15) is 31.2 Å². The van der Waals surface area contributed by atoms with Gasteiger partial charge < -0.3 is 19.7 Å². The third-order valence-corrected chi connectivity index (χ3v) is 8.65. The number of para-hydroxylation sites is 1. The molecule has 3 atom stereocenters. The van der Waals surface area contributed by atoms with Gasteiger partial charge in [-0.15, -0.1) is 0 Å². The molecule has 5 rings (SSSR count). The number of carbonyl (C=O) groups is 1. The van der Waals surface area contributed by atoms with E-state index < -0.39 is 0 Å². The van der Waals surface area contributed by atoms with E-state index in [4.69, 9.17) is 21.1 Å². The Kier molecular flexibility index (Phi) is 6.31. The molecule has 2 amide bonds. The van der Waals surface area contributed by atoms with Gasteiger partial charge in [0, 0.05) is 17.5 Å². The van der Waals surface area contributed by atoms with Crippen molar-refractivity contribution in [2.24, 2.45) is 0 Å². The Hall–Kier alpha value is -2.55. The summed E-state index contributed by atoms with van der Waals surface area (Å²) in [4.78, 5) is 19.7. The van der Waals surface area contributed by atoms with Gasteiger partial charge in [0.15, 0.2) is 16.6 Å². The zero-order chi connectivity index (χ0) is 23.9. The minimum Gasteiger partial charge on any atom is -0.493 e. The highest BCUT2D eigenvalue weighted by Gasteiger charge is 2.50. The number of methoxy groups -OCH3 is 2. The van der Waals surface area contributed by atoms with E-state index in [0.29, 0.717) is 16.2 Å². The van der Waals surface area contributed by atoms with Crippen molar-refractivity contribution in [1.82, 2.24) is 15.2 Å². The number of thiazole rings is 1. The summed E-state index contributed by atoms with van der Waals surface area (Å²) >= 11 is 7.65. The zero-order valence-corrected chi connectivity index (χ0v) is 21.1.